The molecule has 0 saturated heterocycles. The number of aliphatic hydroxyl groups excluding tert-OH is 1. The Morgan fingerprint density at radius 1 is 0.714 bits per heavy atom. The largest absolute Gasteiger partial charge is 0.481 e. The Hall–Kier alpha value is -1.10. The lowest BCUT2D eigenvalue weighted by atomic mass is 9.97. The summed E-state index contributed by atoms with van der Waals surface area (Å²) in [7, 11) is 0. The first-order valence-corrected chi connectivity index (χ1v) is 8.13. The second kappa shape index (κ2) is 13.9. The van der Waals surface area contributed by atoms with E-state index in [9.17, 15) is 9.59 Å². The maximum atomic E-state index is 10.9. The van der Waals surface area contributed by atoms with Crippen LogP contribution >= 0.6 is 0 Å². The highest BCUT2D eigenvalue weighted by Crippen LogP contribution is 2.16. The summed E-state index contributed by atoms with van der Waals surface area (Å²) in [6, 6.07) is 0. The van der Waals surface area contributed by atoms with Crippen molar-refractivity contribution in [1.82, 2.24) is 0 Å². The zero-order chi connectivity index (χ0) is 15.9. The van der Waals surface area contributed by atoms with Crippen LogP contribution in [0, 0.1) is 5.92 Å². The number of hydrogen-bond acceptors (Lipinski definition) is 3. The van der Waals surface area contributed by atoms with Crippen LogP contribution in [0.4, 0.5) is 0 Å². The van der Waals surface area contributed by atoms with Gasteiger partial charge in [0.25, 0.3) is 0 Å². The quantitative estimate of drug-likeness (QED) is 0.403. The molecule has 0 aliphatic carbocycles. The van der Waals surface area contributed by atoms with Gasteiger partial charge in [-0.25, -0.2) is 0 Å². The zero-order valence-corrected chi connectivity index (χ0v) is 12.9. The van der Waals surface area contributed by atoms with Crippen LogP contribution < -0.4 is 0 Å². The molecule has 0 spiro atoms. The molecule has 0 aliphatic rings. The molecule has 0 heterocycles. The molecule has 1 unspecified atom stereocenters. The summed E-state index contributed by atoms with van der Waals surface area (Å²) in [4.78, 5) is 21.2. The second-order valence-corrected chi connectivity index (χ2v) is 5.66. The predicted molar refractivity (Wildman–Crippen MR) is 81.3 cm³/mol. The van der Waals surface area contributed by atoms with Crippen LogP contribution in [0.2, 0.25) is 0 Å². The van der Waals surface area contributed by atoms with Gasteiger partial charge in [-0.2, -0.15) is 0 Å². The summed E-state index contributed by atoms with van der Waals surface area (Å²) < 4.78 is 0. The lowest BCUT2D eigenvalue weighted by Crippen LogP contribution is -2.15. The number of carboxylic acid groups (broad SMARTS) is 2. The number of carboxylic acids is 2. The minimum atomic E-state index is -0.801. The molecule has 5 nitrogen and oxygen atoms in total. The number of rotatable bonds is 15. The van der Waals surface area contributed by atoms with Gasteiger partial charge in [-0.05, 0) is 19.3 Å². The molecule has 124 valence electrons. The van der Waals surface area contributed by atoms with E-state index in [4.69, 9.17) is 15.3 Å². The molecule has 1 atom stereocenters. The minimum absolute atomic E-state index is 0.0567. The van der Waals surface area contributed by atoms with E-state index >= 15 is 0 Å². The fourth-order valence-electron chi connectivity index (χ4n) is 2.45. The smallest absolute Gasteiger partial charge is 0.306 e. The molecule has 0 saturated carbocycles. The number of aliphatic hydroxyl groups is 1. The maximum absolute atomic E-state index is 10.9. The predicted octanol–water partition coefficient (Wildman–Crippen LogP) is 3.45. The first kappa shape index (κ1) is 19.9. The summed E-state index contributed by atoms with van der Waals surface area (Å²) in [6.45, 7) is -0.0567. The van der Waals surface area contributed by atoms with Crippen molar-refractivity contribution in [1.29, 1.82) is 0 Å². The van der Waals surface area contributed by atoms with Gasteiger partial charge >= 0.3 is 11.9 Å². The number of aliphatic carboxylic acids is 2. The van der Waals surface area contributed by atoms with Crippen molar-refractivity contribution in [2.24, 2.45) is 5.92 Å². The standard InChI is InChI=1S/C16H30O5/c17-13-12-14(16(20)21)10-8-6-4-2-1-3-5-7-9-11-15(18)19/h14,17H,1-13H2,(H,18,19)(H,20,21). The van der Waals surface area contributed by atoms with Crippen LogP contribution in [-0.4, -0.2) is 33.9 Å². The molecular formula is C16H30O5. The average molecular weight is 302 g/mol. The van der Waals surface area contributed by atoms with E-state index in [0.717, 1.165) is 51.4 Å². The van der Waals surface area contributed by atoms with Crippen molar-refractivity contribution in [3.05, 3.63) is 0 Å². The first-order valence-electron chi connectivity index (χ1n) is 8.13. The van der Waals surface area contributed by atoms with Crippen LogP contribution in [0.1, 0.15) is 77.0 Å². The summed E-state index contributed by atoms with van der Waals surface area (Å²) in [5.41, 5.74) is 0. The van der Waals surface area contributed by atoms with Gasteiger partial charge in [0.15, 0.2) is 0 Å². The number of unbranched alkanes of at least 4 members (excludes halogenated alkanes) is 8. The minimum Gasteiger partial charge on any atom is -0.481 e. The molecule has 21 heavy (non-hydrogen) atoms. The van der Waals surface area contributed by atoms with Crippen molar-refractivity contribution < 1.29 is 24.9 Å². The topological polar surface area (TPSA) is 94.8 Å². The Morgan fingerprint density at radius 2 is 1.19 bits per heavy atom. The third-order valence-corrected chi connectivity index (χ3v) is 3.77. The average Bonchev–Trinajstić information content (AvgIpc) is 2.42. The molecule has 5 heteroatoms. The van der Waals surface area contributed by atoms with Crippen LogP contribution in [0.3, 0.4) is 0 Å². The van der Waals surface area contributed by atoms with E-state index in [1.165, 1.54) is 6.42 Å². The molecule has 0 rings (SSSR count). The van der Waals surface area contributed by atoms with E-state index in [1.54, 1.807) is 0 Å². The molecular weight excluding hydrogens is 272 g/mol. The molecule has 0 amide bonds. The number of hydrogen-bond donors (Lipinski definition) is 3. The third-order valence-electron chi connectivity index (χ3n) is 3.77. The lowest BCUT2D eigenvalue weighted by Gasteiger charge is -2.10. The van der Waals surface area contributed by atoms with E-state index in [-0.39, 0.29) is 13.0 Å². The van der Waals surface area contributed by atoms with Gasteiger partial charge in [0.2, 0.25) is 0 Å². The number of carbonyl (C=O) groups is 2. The molecule has 0 aromatic carbocycles. The van der Waals surface area contributed by atoms with Gasteiger partial charge in [0.05, 0.1) is 5.92 Å². The Balaban J connectivity index is 3.28. The van der Waals surface area contributed by atoms with Crippen LogP contribution in [0.15, 0.2) is 0 Å². The van der Waals surface area contributed by atoms with E-state index in [2.05, 4.69) is 0 Å². The van der Waals surface area contributed by atoms with Crippen molar-refractivity contribution in [2.75, 3.05) is 6.61 Å². The highest BCUT2D eigenvalue weighted by molar-refractivity contribution is 5.69. The molecule has 0 fully saturated rings. The summed E-state index contributed by atoms with van der Waals surface area (Å²) in [5, 5.41) is 26.2. The van der Waals surface area contributed by atoms with Gasteiger partial charge < -0.3 is 15.3 Å². The van der Waals surface area contributed by atoms with Gasteiger partial charge in [-0.1, -0.05) is 51.4 Å². The molecule has 0 aromatic heterocycles. The highest BCUT2D eigenvalue weighted by Gasteiger charge is 2.15. The maximum Gasteiger partial charge on any atom is 0.306 e. The third kappa shape index (κ3) is 13.6. The zero-order valence-electron chi connectivity index (χ0n) is 12.9. The summed E-state index contributed by atoms with van der Waals surface area (Å²) >= 11 is 0. The Bertz CT molecular complexity index is 278. The van der Waals surface area contributed by atoms with E-state index in [1.807, 2.05) is 0 Å². The molecule has 0 radical (unpaired) electrons. The fraction of sp³-hybridized carbons (Fsp3) is 0.875. The Labute approximate surface area is 127 Å². The van der Waals surface area contributed by atoms with E-state index in [0.29, 0.717) is 12.8 Å². The lowest BCUT2D eigenvalue weighted by molar-refractivity contribution is -0.142. The van der Waals surface area contributed by atoms with Crippen molar-refractivity contribution in [2.45, 2.75) is 77.0 Å². The van der Waals surface area contributed by atoms with E-state index < -0.39 is 17.9 Å². The molecule has 0 bridgehead atoms. The Morgan fingerprint density at radius 3 is 1.62 bits per heavy atom. The monoisotopic (exact) mass is 302 g/mol. The second-order valence-electron chi connectivity index (χ2n) is 5.66. The fourth-order valence-corrected chi connectivity index (χ4v) is 2.45. The summed E-state index contributed by atoms with van der Waals surface area (Å²) in [6.07, 6.45) is 10.7. The highest BCUT2D eigenvalue weighted by atomic mass is 16.4. The summed E-state index contributed by atoms with van der Waals surface area (Å²) in [5.74, 6) is -1.91. The SMILES string of the molecule is O=C(O)CCCCCCCCCCCC(CCO)C(=O)O. The van der Waals surface area contributed by atoms with Crippen molar-refractivity contribution in [3.63, 3.8) is 0 Å². The normalized spacial score (nSPS) is 12.2. The Kier molecular flexibility index (Phi) is 13.1. The van der Waals surface area contributed by atoms with Gasteiger partial charge in [0, 0.05) is 13.0 Å². The van der Waals surface area contributed by atoms with Gasteiger partial charge in [0.1, 0.15) is 0 Å². The van der Waals surface area contributed by atoms with Crippen LogP contribution in [0.5, 0.6) is 0 Å². The first-order chi connectivity index (χ1) is 10.1. The van der Waals surface area contributed by atoms with Crippen molar-refractivity contribution in [3.8, 4) is 0 Å². The molecule has 0 aromatic rings. The van der Waals surface area contributed by atoms with Crippen LogP contribution in [0.25, 0.3) is 0 Å². The van der Waals surface area contributed by atoms with Crippen LogP contribution in [-0.2, 0) is 9.59 Å². The molecule has 3 N–H and O–H groups in total. The van der Waals surface area contributed by atoms with Gasteiger partial charge in [-0.3, -0.25) is 9.59 Å². The van der Waals surface area contributed by atoms with Gasteiger partial charge in [-0.15, -0.1) is 0 Å². The molecule has 0 aliphatic heterocycles. The van der Waals surface area contributed by atoms with Crippen molar-refractivity contribution >= 4 is 11.9 Å².